The van der Waals surface area contributed by atoms with E-state index in [1.54, 1.807) is 0 Å². The molecular formula is C8H16N2O. The molecule has 3 atom stereocenters. The molecule has 11 heavy (non-hydrogen) atoms. The van der Waals surface area contributed by atoms with Crippen LogP contribution in [-0.4, -0.2) is 50.3 Å². The minimum atomic E-state index is 0.447. The molecule has 0 aliphatic carbocycles. The lowest BCUT2D eigenvalue weighted by molar-refractivity contribution is -0.0706. The molecule has 3 nitrogen and oxygen atoms in total. The van der Waals surface area contributed by atoms with Crippen molar-refractivity contribution in [2.45, 2.75) is 18.6 Å². The maximum atomic E-state index is 5.65. The molecule has 2 fully saturated rings. The van der Waals surface area contributed by atoms with Crippen LogP contribution in [0, 0.1) is 0 Å². The van der Waals surface area contributed by atoms with Crippen LogP contribution in [-0.2, 0) is 4.74 Å². The van der Waals surface area contributed by atoms with E-state index in [0.717, 1.165) is 19.7 Å². The molecule has 0 aromatic carbocycles. The Bertz CT molecular complexity index is 140. The zero-order chi connectivity index (χ0) is 7.68. The highest BCUT2D eigenvalue weighted by Gasteiger charge is 2.31. The standard InChI is InChI=1S/C8H16N2O/c1-9-7-2-3-10-4-5-11-8(7)6-10/h7-9H,2-6H2,1H3. The molecule has 3 unspecified atom stereocenters. The normalized spacial score (nSPS) is 43.9. The molecule has 0 radical (unpaired) electrons. The SMILES string of the molecule is CNC1CCN2CCOC1C2. The highest BCUT2D eigenvalue weighted by atomic mass is 16.5. The third-order valence-corrected chi connectivity index (χ3v) is 2.75. The van der Waals surface area contributed by atoms with Crippen molar-refractivity contribution in [3.8, 4) is 0 Å². The van der Waals surface area contributed by atoms with Crippen LogP contribution < -0.4 is 5.32 Å². The predicted molar refractivity (Wildman–Crippen MR) is 43.6 cm³/mol. The molecule has 0 saturated carbocycles. The monoisotopic (exact) mass is 156 g/mol. The van der Waals surface area contributed by atoms with Gasteiger partial charge < -0.3 is 10.1 Å². The summed E-state index contributed by atoms with van der Waals surface area (Å²) in [5, 5.41) is 3.31. The molecule has 2 aliphatic rings. The van der Waals surface area contributed by atoms with Gasteiger partial charge in [0.25, 0.3) is 0 Å². The van der Waals surface area contributed by atoms with Crippen LogP contribution in [0.25, 0.3) is 0 Å². The lowest BCUT2D eigenvalue weighted by Crippen LogP contribution is -2.57. The molecule has 0 spiro atoms. The topological polar surface area (TPSA) is 24.5 Å². The fourth-order valence-corrected chi connectivity index (χ4v) is 2.02. The van der Waals surface area contributed by atoms with Crippen LogP contribution in [0.2, 0.25) is 0 Å². The van der Waals surface area contributed by atoms with Gasteiger partial charge >= 0.3 is 0 Å². The summed E-state index contributed by atoms with van der Waals surface area (Å²) in [4.78, 5) is 2.49. The van der Waals surface area contributed by atoms with Crippen molar-refractivity contribution in [1.82, 2.24) is 10.2 Å². The van der Waals surface area contributed by atoms with Crippen molar-refractivity contribution in [3.05, 3.63) is 0 Å². The summed E-state index contributed by atoms with van der Waals surface area (Å²) in [6.45, 7) is 4.42. The van der Waals surface area contributed by atoms with Crippen molar-refractivity contribution < 1.29 is 4.74 Å². The molecule has 2 bridgehead atoms. The second-order valence-corrected chi connectivity index (χ2v) is 3.39. The van der Waals surface area contributed by atoms with Crippen molar-refractivity contribution >= 4 is 0 Å². The number of piperidine rings is 1. The van der Waals surface area contributed by atoms with Gasteiger partial charge in [0.1, 0.15) is 0 Å². The van der Waals surface area contributed by atoms with E-state index in [1.165, 1.54) is 13.0 Å². The van der Waals surface area contributed by atoms with Gasteiger partial charge in [-0.3, -0.25) is 4.90 Å². The van der Waals surface area contributed by atoms with Crippen molar-refractivity contribution in [2.75, 3.05) is 33.3 Å². The van der Waals surface area contributed by atoms with Crippen molar-refractivity contribution in [2.24, 2.45) is 0 Å². The number of morpholine rings is 1. The summed E-state index contributed by atoms with van der Waals surface area (Å²) in [7, 11) is 2.03. The number of nitrogens with one attached hydrogen (secondary N) is 1. The molecule has 3 heteroatoms. The molecule has 0 aromatic rings. The number of hydrogen-bond donors (Lipinski definition) is 1. The Balaban J connectivity index is 1.97. The number of hydrogen-bond acceptors (Lipinski definition) is 3. The quantitative estimate of drug-likeness (QED) is 0.563. The summed E-state index contributed by atoms with van der Waals surface area (Å²) in [5.41, 5.74) is 0. The van der Waals surface area contributed by atoms with Gasteiger partial charge in [0, 0.05) is 19.1 Å². The Kier molecular flexibility index (Phi) is 2.11. The van der Waals surface area contributed by atoms with Crippen LogP contribution in [0.3, 0.4) is 0 Å². The summed E-state index contributed by atoms with van der Waals surface area (Å²) in [5.74, 6) is 0. The largest absolute Gasteiger partial charge is 0.374 e. The fraction of sp³-hybridized carbons (Fsp3) is 1.00. The zero-order valence-corrected chi connectivity index (χ0v) is 7.05. The average molecular weight is 156 g/mol. The van der Waals surface area contributed by atoms with Crippen LogP contribution in [0.4, 0.5) is 0 Å². The molecule has 64 valence electrons. The molecular weight excluding hydrogens is 140 g/mol. The zero-order valence-electron chi connectivity index (χ0n) is 7.05. The third kappa shape index (κ3) is 1.41. The van der Waals surface area contributed by atoms with E-state index in [0.29, 0.717) is 12.1 Å². The van der Waals surface area contributed by atoms with Crippen LogP contribution >= 0.6 is 0 Å². The highest BCUT2D eigenvalue weighted by Crippen LogP contribution is 2.17. The predicted octanol–water partition coefficient (Wildman–Crippen LogP) is -0.321. The Morgan fingerprint density at radius 2 is 2.36 bits per heavy atom. The Morgan fingerprint density at radius 3 is 3.18 bits per heavy atom. The first-order chi connectivity index (χ1) is 5.40. The third-order valence-electron chi connectivity index (χ3n) is 2.75. The van der Waals surface area contributed by atoms with E-state index in [-0.39, 0.29) is 0 Å². The van der Waals surface area contributed by atoms with Gasteiger partial charge in [-0.15, -0.1) is 0 Å². The van der Waals surface area contributed by atoms with Gasteiger partial charge in [0.15, 0.2) is 0 Å². The molecule has 0 amide bonds. The summed E-state index contributed by atoms with van der Waals surface area (Å²) < 4.78 is 5.65. The maximum absolute atomic E-state index is 5.65. The molecule has 2 saturated heterocycles. The summed E-state index contributed by atoms with van der Waals surface area (Å²) in [6, 6.07) is 0.589. The Labute approximate surface area is 67.7 Å². The van der Waals surface area contributed by atoms with Crippen LogP contribution in [0.1, 0.15) is 6.42 Å². The van der Waals surface area contributed by atoms with E-state index in [9.17, 15) is 0 Å². The Hall–Kier alpha value is -0.120. The lowest BCUT2D eigenvalue weighted by atomic mass is 10.0. The van der Waals surface area contributed by atoms with Crippen LogP contribution in [0.15, 0.2) is 0 Å². The van der Waals surface area contributed by atoms with Crippen molar-refractivity contribution in [3.63, 3.8) is 0 Å². The highest BCUT2D eigenvalue weighted by molar-refractivity contribution is 4.87. The van der Waals surface area contributed by atoms with Gasteiger partial charge in [-0.2, -0.15) is 0 Å². The number of likely N-dealkylation sites (N-methyl/N-ethyl adjacent to an activating group) is 1. The number of rotatable bonds is 1. The van der Waals surface area contributed by atoms with E-state index in [1.807, 2.05) is 7.05 Å². The average Bonchev–Trinajstić information content (AvgIpc) is 2.06. The number of nitrogens with zero attached hydrogens (tertiary/aromatic N) is 1. The minimum Gasteiger partial charge on any atom is -0.374 e. The van der Waals surface area contributed by atoms with Gasteiger partial charge in [-0.1, -0.05) is 0 Å². The second-order valence-electron chi connectivity index (χ2n) is 3.39. The minimum absolute atomic E-state index is 0.447. The second kappa shape index (κ2) is 3.09. The lowest BCUT2D eigenvalue weighted by Gasteiger charge is -2.42. The first-order valence-electron chi connectivity index (χ1n) is 4.41. The molecule has 0 aromatic heterocycles. The van der Waals surface area contributed by atoms with Gasteiger partial charge in [0.2, 0.25) is 0 Å². The van der Waals surface area contributed by atoms with Gasteiger partial charge in [0.05, 0.1) is 12.7 Å². The number of fused-ring (bicyclic) bond motifs is 2. The van der Waals surface area contributed by atoms with Gasteiger partial charge in [-0.25, -0.2) is 0 Å². The smallest absolute Gasteiger partial charge is 0.0855 e. The molecule has 2 heterocycles. The van der Waals surface area contributed by atoms with Crippen LogP contribution in [0.5, 0.6) is 0 Å². The molecule has 2 rings (SSSR count). The van der Waals surface area contributed by atoms with E-state index < -0.39 is 0 Å². The first kappa shape index (κ1) is 7.53. The first-order valence-corrected chi connectivity index (χ1v) is 4.41. The Morgan fingerprint density at radius 1 is 1.45 bits per heavy atom. The van der Waals surface area contributed by atoms with E-state index in [4.69, 9.17) is 4.74 Å². The van der Waals surface area contributed by atoms with E-state index in [2.05, 4.69) is 10.2 Å². The van der Waals surface area contributed by atoms with E-state index >= 15 is 0 Å². The number of ether oxygens (including phenoxy) is 1. The van der Waals surface area contributed by atoms with Gasteiger partial charge in [-0.05, 0) is 20.0 Å². The fourth-order valence-electron chi connectivity index (χ4n) is 2.02. The summed E-state index contributed by atoms with van der Waals surface area (Å²) in [6.07, 6.45) is 1.68. The maximum Gasteiger partial charge on any atom is 0.0855 e. The summed E-state index contributed by atoms with van der Waals surface area (Å²) >= 11 is 0. The van der Waals surface area contributed by atoms with Crippen molar-refractivity contribution in [1.29, 1.82) is 0 Å². The molecule has 2 aliphatic heterocycles. The molecule has 1 N–H and O–H groups in total.